The van der Waals surface area contributed by atoms with Crippen molar-refractivity contribution in [1.82, 2.24) is 0 Å². The number of esters is 2. The Kier molecular flexibility index (Phi) is 34.0. The summed E-state index contributed by atoms with van der Waals surface area (Å²) in [6, 6.07) is 0. The summed E-state index contributed by atoms with van der Waals surface area (Å²) >= 11 is 7.75. The Labute approximate surface area is 289 Å². The van der Waals surface area contributed by atoms with Crippen LogP contribution in [0.5, 0.6) is 0 Å². The number of unbranched alkanes of at least 4 members (excludes halogenated alkanes) is 16. The minimum absolute atomic E-state index is 0.00188. The highest BCUT2D eigenvalue weighted by molar-refractivity contribution is 14.1. The highest BCUT2D eigenvalue weighted by Crippen LogP contribution is 2.21. The Morgan fingerprint density at radius 3 is 1.27 bits per heavy atom. The van der Waals surface area contributed by atoms with Gasteiger partial charge in [-0.1, -0.05) is 171 Å². The average Bonchev–Trinajstić information content (AvgIpc) is 2.94. The maximum Gasteiger partial charge on any atom is 0.305 e. The van der Waals surface area contributed by atoms with Gasteiger partial charge in [-0.05, 0) is 55.8 Å². The SMILES string of the molecule is COC(=O)CCCCCCCCC(I)CCCCCCOC(=O)CCCCCCCCC(I)CCCCCCI. The lowest BCUT2D eigenvalue weighted by molar-refractivity contribution is -0.144. The third-order valence-electron chi connectivity index (χ3n) is 7.60. The van der Waals surface area contributed by atoms with Gasteiger partial charge >= 0.3 is 11.9 Å². The minimum atomic E-state index is -0.0846. The van der Waals surface area contributed by atoms with E-state index in [-0.39, 0.29) is 11.9 Å². The number of alkyl halides is 3. The molecule has 0 aliphatic heterocycles. The summed E-state index contributed by atoms with van der Waals surface area (Å²) in [5.74, 6) is -0.0827. The van der Waals surface area contributed by atoms with Crippen molar-refractivity contribution in [2.75, 3.05) is 18.1 Å². The first-order chi connectivity index (χ1) is 19.5. The minimum Gasteiger partial charge on any atom is -0.469 e. The van der Waals surface area contributed by atoms with Crippen LogP contribution in [0.2, 0.25) is 0 Å². The second-order valence-corrected chi connectivity index (χ2v) is 16.0. The van der Waals surface area contributed by atoms with Crippen molar-refractivity contribution in [1.29, 1.82) is 0 Å². The molecule has 0 N–H and O–H groups in total. The van der Waals surface area contributed by atoms with Crippen LogP contribution in [0.15, 0.2) is 0 Å². The largest absolute Gasteiger partial charge is 0.469 e. The van der Waals surface area contributed by atoms with Gasteiger partial charge in [0.25, 0.3) is 0 Å². The zero-order chi connectivity index (χ0) is 29.5. The van der Waals surface area contributed by atoms with Crippen molar-refractivity contribution in [3.05, 3.63) is 0 Å². The van der Waals surface area contributed by atoms with Crippen LogP contribution in [0.4, 0.5) is 0 Å². The van der Waals surface area contributed by atoms with E-state index >= 15 is 0 Å². The lowest BCUT2D eigenvalue weighted by Crippen LogP contribution is -2.05. The van der Waals surface area contributed by atoms with Gasteiger partial charge in [-0.2, -0.15) is 0 Å². The zero-order valence-corrected chi connectivity index (χ0v) is 32.2. The van der Waals surface area contributed by atoms with Crippen LogP contribution < -0.4 is 0 Å². The molecule has 2 unspecified atom stereocenters. The first-order valence-corrected chi connectivity index (χ1v) is 20.6. The molecule has 0 aromatic heterocycles. The standard InChI is InChI=1S/C33H61I3O4/c1-39-32(37)26-18-8-4-2-6-14-23-31(36)25-17-11-13-21-29-40-33(38)27-19-9-5-3-7-15-22-30(35)24-16-10-12-20-28-34/h30-31H,2-29H2,1H3. The van der Waals surface area contributed by atoms with Crippen molar-refractivity contribution >= 4 is 79.7 Å². The maximum absolute atomic E-state index is 12.0. The quantitative estimate of drug-likeness (QED) is 0.0301. The van der Waals surface area contributed by atoms with Gasteiger partial charge in [0.15, 0.2) is 0 Å². The Hall–Kier alpha value is 1.13. The summed E-state index contributed by atoms with van der Waals surface area (Å²) in [4.78, 5) is 23.1. The summed E-state index contributed by atoms with van der Waals surface area (Å²) in [6.45, 7) is 0.599. The topological polar surface area (TPSA) is 52.6 Å². The van der Waals surface area contributed by atoms with Crippen LogP contribution >= 0.6 is 67.8 Å². The molecule has 0 rings (SSSR count). The molecule has 238 valence electrons. The van der Waals surface area contributed by atoms with E-state index < -0.39 is 0 Å². The molecule has 0 amide bonds. The first-order valence-electron chi connectivity index (χ1n) is 16.6. The van der Waals surface area contributed by atoms with Crippen molar-refractivity contribution < 1.29 is 19.1 Å². The molecule has 7 heteroatoms. The normalized spacial score (nSPS) is 12.8. The lowest BCUT2D eigenvalue weighted by Gasteiger charge is -2.10. The molecule has 0 saturated carbocycles. The summed E-state index contributed by atoms with van der Waals surface area (Å²) in [6.07, 6.45) is 31.5. The van der Waals surface area contributed by atoms with Gasteiger partial charge in [-0.15, -0.1) is 0 Å². The molecule has 0 heterocycles. The molecule has 0 saturated heterocycles. The molecule has 0 radical (unpaired) electrons. The number of rotatable bonds is 31. The number of carbonyl (C=O) groups is 2. The Morgan fingerprint density at radius 1 is 0.500 bits per heavy atom. The smallest absolute Gasteiger partial charge is 0.305 e. The molecular weight excluding hydrogens is 841 g/mol. The zero-order valence-electron chi connectivity index (χ0n) is 25.7. The number of ether oxygens (including phenoxy) is 2. The third kappa shape index (κ3) is 32.1. The Morgan fingerprint density at radius 2 is 0.850 bits per heavy atom. The van der Waals surface area contributed by atoms with Gasteiger partial charge in [0.1, 0.15) is 0 Å². The number of halogens is 3. The van der Waals surface area contributed by atoms with Crippen molar-refractivity contribution in [3.63, 3.8) is 0 Å². The van der Waals surface area contributed by atoms with Crippen LogP contribution in [0.1, 0.15) is 167 Å². The van der Waals surface area contributed by atoms with Crippen LogP contribution in [-0.2, 0) is 19.1 Å². The number of methoxy groups -OCH3 is 1. The summed E-state index contributed by atoms with van der Waals surface area (Å²) in [5, 5.41) is 0. The Balaban J connectivity index is 3.33. The summed E-state index contributed by atoms with van der Waals surface area (Å²) < 4.78 is 13.1. The molecular formula is C33H61I3O4. The maximum atomic E-state index is 12.0. The van der Waals surface area contributed by atoms with E-state index in [1.807, 2.05) is 0 Å². The van der Waals surface area contributed by atoms with E-state index in [4.69, 9.17) is 4.74 Å². The van der Waals surface area contributed by atoms with Crippen molar-refractivity contribution in [2.45, 2.75) is 175 Å². The number of carbonyl (C=O) groups excluding carboxylic acids is 2. The molecule has 40 heavy (non-hydrogen) atoms. The predicted molar refractivity (Wildman–Crippen MR) is 198 cm³/mol. The van der Waals surface area contributed by atoms with Gasteiger partial charge in [0.05, 0.1) is 13.7 Å². The molecule has 0 aromatic carbocycles. The Bertz CT molecular complexity index is 562. The van der Waals surface area contributed by atoms with Crippen LogP contribution in [-0.4, -0.2) is 37.9 Å². The fourth-order valence-corrected chi connectivity index (χ4v) is 7.27. The molecule has 0 fully saturated rings. The second kappa shape index (κ2) is 33.0. The third-order valence-corrected chi connectivity index (χ3v) is 10.9. The first kappa shape index (κ1) is 41.1. The van der Waals surface area contributed by atoms with Crippen molar-refractivity contribution in [2.24, 2.45) is 0 Å². The molecule has 0 bridgehead atoms. The lowest BCUT2D eigenvalue weighted by atomic mass is 10.0. The van der Waals surface area contributed by atoms with Gasteiger partial charge in [0, 0.05) is 20.7 Å². The second-order valence-electron chi connectivity index (χ2n) is 11.4. The molecule has 2 atom stereocenters. The highest BCUT2D eigenvalue weighted by atomic mass is 127. The number of hydrogen-bond acceptors (Lipinski definition) is 4. The fraction of sp³-hybridized carbons (Fsp3) is 0.939. The van der Waals surface area contributed by atoms with Gasteiger partial charge in [0.2, 0.25) is 0 Å². The van der Waals surface area contributed by atoms with E-state index in [2.05, 4.69) is 72.5 Å². The van der Waals surface area contributed by atoms with Gasteiger partial charge < -0.3 is 9.47 Å². The van der Waals surface area contributed by atoms with Gasteiger partial charge in [-0.3, -0.25) is 9.59 Å². The fourth-order valence-electron chi connectivity index (χ4n) is 4.97. The van der Waals surface area contributed by atoms with Crippen molar-refractivity contribution in [3.8, 4) is 0 Å². The summed E-state index contributed by atoms with van der Waals surface area (Å²) in [7, 11) is 1.46. The van der Waals surface area contributed by atoms with Crippen LogP contribution in [0, 0.1) is 0 Å². The molecule has 0 aliphatic rings. The van der Waals surface area contributed by atoms with E-state index in [1.54, 1.807) is 0 Å². The molecule has 0 spiro atoms. The van der Waals surface area contributed by atoms with E-state index in [0.717, 1.165) is 40.0 Å². The highest BCUT2D eigenvalue weighted by Gasteiger charge is 2.06. The predicted octanol–water partition coefficient (Wildman–Crippen LogP) is 11.9. The molecule has 0 aliphatic carbocycles. The van der Waals surface area contributed by atoms with Gasteiger partial charge in [-0.25, -0.2) is 0 Å². The summed E-state index contributed by atoms with van der Waals surface area (Å²) in [5.41, 5.74) is 0. The monoisotopic (exact) mass is 902 g/mol. The van der Waals surface area contributed by atoms with Crippen LogP contribution in [0.3, 0.4) is 0 Å². The number of hydrogen-bond donors (Lipinski definition) is 0. The van der Waals surface area contributed by atoms with E-state index in [0.29, 0.717) is 19.4 Å². The van der Waals surface area contributed by atoms with Crippen LogP contribution in [0.25, 0.3) is 0 Å². The average molecular weight is 903 g/mol. The van der Waals surface area contributed by atoms with E-state index in [9.17, 15) is 9.59 Å². The van der Waals surface area contributed by atoms with E-state index in [1.165, 1.54) is 134 Å². The molecule has 0 aromatic rings. The molecule has 4 nitrogen and oxygen atoms in total.